The molecule has 1 saturated heterocycles. The van der Waals surface area contributed by atoms with Gasteiger partial charge < -0.3 is 14.4 Å². The number of nitrogens with one attached hydrogen (secondary N) is 1. The minimum Gasteiger partial charge on any atom is -0.332 e. The van der Waals surface area contributed by atoms with E-state index in [-0.39, 0.29) is 13.2 Å². The molecule has 0 aliphatic carbocycles. The quantitative estimate of drug-likeness (QED) is 0.361. The second kappa shape index (κ2) is 9.63. The monoisotopic (exact) mass is 515 g/mol. The van der Waals surface area contributed by atoms with Crippen molar-refractivity contribution in [2.75, 3.05) is 13.2 Å². The lowest BCUT2D eigenvalue weighted by atomic mass is 10.1. The maximum Gasteiger partial charge on any atom is 0.347 e. The van der Waals surface area contributed by atoms with Gasteiger partial charge in [-0.1, -0.05) is 34.8 Å². The molecule has 0 bridgehead atoms. The largest absolute Gasteiger partial charge is 0.347 e. The first-order chi connectivity index (χ1) is 14.9. The molecule has 2 heterocycles. The van der Waals surface area contributed by atoms with Crippen LogP contribution in [0.25, 0.3) is 16.2 Å². The molecule has 1 unspecified atom stereocenters. The van der Waals surface area contributed by atoms with Crippen molar-refractivity contribution in [2.45, 2.75) is 12.1 Å². The zero-order chi connectivity index (χ0) is 22.0. The van der Waals surface area contributed by atoms with Crippen molar-refractivity contribution >= 4 is 75.8 Å². The molecule has 5 nitrogen and oxygen atoms in total. The Bertz CT molecular complexity index is 1180. The summed E-state index contributed by atoms with van der Waals surface area (Å²) in [6.07, 6.45) is 3.72. The number of hydrogen-bond donors (Lipinski definition) is 1. The summed E-state index contributed by atoms with van der Waals surface area (Å²) in [5.41, 5.74) is 0.135. The van der Waals surface area contributed by atoms with Crippen LogP contribution in [0.15, 0.2) is 48.0 Å². The van der Waals surface area contributed by atoms with Gasteiger partial charge in [0.1, 0.15) is 0 Å². The predicted octanol–water partition coefficient (Wildman–Crippen LogP) is 7.32. The van der Waals surface area contributed by atoms with Crippen molar-refractivity contribution in [1.82, 2.24) is 5.32 Å². The molecular weight excluding hydrogens is 500 g/mol. The van der Waals surface area contributed by atoms with Crippen LogP contribution in [0.4, 0.5) is 0 Å². The number of thiophene rings is 1. The summed E-state index contributed by atoms with van der Waals surface area (Å²) in [7, 11) is -3.74. The number of hydrogen-bond acceptors (Lipinski definition) is 5. The van der Waals surface area contributed by atoms with Crippen LogP contribution in [0.3, 0.4) is 0 Å². The second-order valence-corrected chi connectivity index (χ2v) is 11.2. The molecule has 1 atom stereocenters. The van der Waals surface area contributed by atoms with Crippen molar-refractivity contribution in [3.8, 4) is 0 Å². The summed E-state index contributed by atoms with van der Waals surface area (Å²) in [5.74, 6) is -0.505. The number of rotatable bonds is 5. The van der Waals surface area contributed by atoms with Crippen LogP contribution in [0, 0.1) is 0 Å². The molecule has 1 aliphatic heterocycles. The lowest BCUT2D eigenvalue weighted by Gasteiger charge is -2.29. The van der Waals surface area contributed by atoms with Gasteiger partial charge in [-0.3, -0.25) is 9.36 Å². The van der Waals surface area contributed by atoms with Crippen molar-refractivity contribution < 1.29 is 18.4 Å². The summed E-state index contributed by atoms with van der Waals surface area (Å²) in [6, 6.07) is 10.4. The third-order valence-electron chi connectivity index (χ3n) is 4.64. The zero-order valence-electron chi connectivity index (χ0n) is 16.0. The standard InChI is InChI=1S/C21H17Cl3NO4PS/c22-14-2-3-19-17(11-14)18(12-31-19)20(30(27)28-6-1-7-29-30)21(26)25-5-4-13-8-15(23)10-16(24)9-13/h2-5,8-12,20H,1,6-7H2,(H,25,26). The van der Waals surface area contributed by atoms with Crippen molar-refractivity contribution in [1.29, 1.82) is 0 Å². The van der Waals surface area contributed by atoms with Crippen LogP contribution < -0.4 is 5.32 Å². The highest BCUT2D eigenvalue weighted by atomic mass is 35.5. The number of fused-ring (bicyclic) bond motifs is 1. The van der Waals surface area contributed by atoms with Gasteiger partial charge in [-0.15, -0.1) is 11.3 Å². The summed E-state index contributed by atoms with van der Waals surface area (Å²) in [5, 5.41) is 6.72. The zero-order valence-corrected chi connectivity index (χ0v) is 20.0. The molecular formula is C21H17Cl3NO4PS. The van der Waals surface area contributed by atoms with Gasteiger partial charge in [0, 0.05) is 26.0 Å². The average Bonchev–Trinajstić information content (AvgIpc) is 3.10. The third-order valence-corrected chi connectivity index (χ3v) is 8.53. The molecule has 4 rings (SSSR count). The molecule has 3 aromatic rings. The molecule has 0 saturated carbocycles. The molecule has 1 aromatic heterocycles. The van der Waals surface area contributed by atoms with Crippen LogP contribution in [-0.2, 0) is 18.4 Å². The number of benzene rings is 2. The molecule has 1 aliphatic rings. The Labute approximate surface area is 198 Å². The normalized spacial score (nSPS) is 17.1. The maximum atomic E-state index is 13.5. The Morgan fingerprint density at radius 3 is 2.48 bits per heavy atom. The minimum absolute atomic E-state index is 0.265. The van der Waals surface area contributed by atoms with E-state index in [1.807, 2.05) is 6.07 Å². The average molecular weight is 517 g/mol. The van der Waals surface area contributed by atoms with Crippen LogP contribution in [0.2, 0.25) is 15.1 Å². The van der Waals surface area contributed by atoms with E-state index in [4.69, 9.17) is 43.9 Å². The fourth-order valence-electron chi connectivity index (χ4n) is 3.29. The van der Waals surface area contributed by atoms with Gasteiger partial charge in [-0.2, -0.15) is 0 Å². The Morgan fingerprint density at radius 2 is 1.77 bits per heavy atom. The highest BCUT2D eigenvalue weighted by Gasteiger charge is 2.45. The summed E-state index contributed by atoms with van der Waals surface area (Å²) in [6.45, 7) is 0.529. The van der Waals surface area contributed by atoms with E-state index in [0.717, 1.165) is 10.1 Å². The fourth-order valence-corrected chi connectivity index (χ4v) is 7.13. The first-order valence-electron chi connectivity index (χ1n) is 9.34. The minimum atomic E-state index is -3.74. The van der Waals surface area contributed by atoms with Crippen LogP contribution >= 0.6 is 53.7 Å². The van der Waals surface area contributed by atoms with Crippen LogP contribution in [0.1, 0.15) is 23.2 Å². The number of carbonyl (C=O) groups is 1. The maximum absolute atomic E-state index is 13.5. The summed E-state index contributed by atoms with van der Waals surface area (Å²) >= 11 is 19.6. The molecule has 10 heteroatoms. The molecule has 1 N–H and O–H groups in total. The fraction of sp³-hybridized carbons (Fsp3) is 0.190. The van der Waals surface area contributed by atoms with E-state index < -0.39 is 19.2 Å². The molecule has 31 heavy (non-hydrogen) atoms. The predicted molar refractivity (Wildman–Crippen MR) is 127 cm³/mol. The first kappa shape index (κ1) is 22.8. The summed E-state index contributed by atoms with van der Waals surface area (Å²) in [4.78, 5) is 13.2. The third kappa shape index (κ3) is 5.18. The lowest BCUT2D eigenvalue weighted by molar-refractivity contribution is -0.120. The van der Waals surface area contributed by atoms with Gasteiger partial charge in [0.05, 0.1) is 13.2 Å². The van der Waals surface area contributed by atoms with Gasteiger partial charge in [0.25, 0.3) is 0 Å². The second-order valence-electron chi connectivity index (χ2n) is 6.84. The van der Waals surface area contributed by atoms with Crippen molar-refractivity contribution in [3.63, 3.8) is 0 Å². The first-order valence-corrected chi connectivity index (χ1v) is 13.0. The molecule has 1 amide bonds. The van der Waals surface area contributed by atoms with Gasteiger partial charge in [0.15, 0.2) is 5.66 Å². The van der Waals surface area contributed by atoms with Crippen molar-refractivity contribution in [2.24, 2.45) is 0 Å². The highest BCUT2D eigenvalue weighted by molar-refractivity contribution is 7.55. The van der Waals surface area contributed by atoms with Crippen LogP contribution in [-0.4, -0.2) is 19.1 Å². The highest BCUT2D eigenvalue weighted by Crippen LogP contribution is 2.63. The molecule has 0 radical (unpaired) electrons. The van der Waals surface area contributed by atoms with E-state index >= 15 is 0 Å². The number of amides is 1. The van der Waals surface area contributed by atoms with E-state index in [9.17, 15) is 9.36 Å². The van der Waals surface area contributed by atoms with Crippen LogP contribution in [0.5, 0.6) is 0 Å². The van der Waals surface area contributed by atoms with E-state index in [1.165, 1.54) is 17.5 Å². The SMILES string of the molecule is O=C(NC=Cc1cc(Cl)cc(Cl)c1)C(c1csc2ccc(Cl)cc12)P1(=O)OCCCO1. The molecule has 1 fully saturated rings. The lowest BCUT2D eigenvalue weighted by Crippen LogP contribution is -2.28. The van der Waals surface area contributed by atoms with E-state index in [1.54, 1.807) is 41.8 Å². The molecule has 2 aromatic carbocycles. The molecule has 0 spiro atoms. The van der Waals surface area contributed by atoms with Gasteiger partial charge >= 0.3 is 7.60 Å². The summed E-state index contributed by atoms with van der Waals surface area (Å²) < 4.78 is 25.5. The Morgan fingerprint density at radius 1 is 1.06 bits per heavy atom. The molecule has 162 valence electrons. The smallest absolute Gasteiger partial charge is 0.332 e. The van der Waals surface area contributed by atoms with E-state index in [0.29, 0.717) is 32.6 Å². The topological polar surface area (TPSA) is 64.6 Å². The Kier molecular flexibility index (Phi) is 7.09. The number of halogens is 3. The van der Waals surface area contributed by atoms with Gasteiger partial charge in [-0.25, -0.2) is 0 Å². The van der Waals surface area contributed by atoms with Crippen molar-refractivity contribution in [3.05, 3.63) is 74.2 Å². The van der Waals surface area contributed by atoms with E-state index in [2.05, 4.69) is 5.32 Å². The van der Waals surface area contributed by atoms with Gasteiger partial charge in [-0.05, 0) is 70.8 Å². The Balaban J connectivity index is 1.67. The number of carbonyl (C=O) groups excluding carboxylic acids is 1. The van der Waals surface area contributed by atoms with Gasteiger partial charge in [0.2, 0.25) is 5.91 Å². The Hall–Kier alpha value is -1.37.